The third kappa shape index (κ3) is 1.57. The van der Waals surface area contributed by atoms with E-state index in [1.54, 1.807) is 16.8 Å². The summed E-state index contributed by atoms with van der Waals surface area (Å²) in [6.07, 6.45) is 1.79. The zero-order valence-electron chi connectivity index (χ0n) is 9.41. The molecule has 5 nitrogen and oxygen atoms in total. The SMILES string of the molecule is N#Cc1cccc(-c2cccn3nc(N)nc23)c1. The molecule has 2 heterocycles. The Kier molecular flexibility index (Phi) is 2.21. The van der Waals surface area contributed by atoms with Crippen LogP contribution in [0.15, 0.2) is 42.6 Å². The van der Waals surface area contributed by atoms with Crippen LogP contribution in [0.25, 0.3) is 16.8 Å². The molecule has 0 saturated heterocycles. The van der Waals surface area contributed by atoms with Crippen molar-refractivity contribution in [1.29, 1.82) is 5.26 Å². The Morgan fingerprint density at radius 1 is 1.22 bits per heavy atom. The Morgan fingerprint density at radius 2 is 2.11 bits per heavy atom. The average molecular weight is 235 g/mol. The van der Waals surface area contributed by atoms with Crippen LogP contribution in [0.3, 0.4) is 0 Å². The van der Waals surface area contributed by atoms with Gasteiger partial charge in [-0.15, -0.1) is 5.10 Å². The number of anilines is 1. The predicted molar refractivity (Wildman–Crippen MR) is 67.6 cm³/mol. The van der Waals surface area contributed by atoms with Gasteiger partial charge < -0.3 is 5.73 Å². The number of hydrogen-bond donors (Lipinski definition) is 1. The van der Waals surface area contributed by atoms with E-state index >= 15 is 0 Å². The molecule has 5 heteroatoms. The molecule has 0 bridgehead atoms. The zero-order valence-corrected chi connectivity index (χ0v) is 9.41. The van der Waals surface area contributed by atoms with Crippen molar-refractivity contribution in [3.63, 3.8) is 0 Å². The van der Waals surface area contributed by atoms with Crippen LogP contribution in [0.1, 0.15) is 5.56 Å². The fraction of sp³-hybridized carbons (Fsp3) is 0. The van der Waals surface area contributed by atoms with Gasteiger partial charge in [0, 0.05) is 11.8 Å². The number of aromatic nitrogens is 3. The molecule has 3 aromatic rings. The molecule has 0 spiro atoms. The normalized spacial score (nSPS) is 10.4. The Labute approximate surface area is 103 Å². The first-order valence-corrected chi connectivity index (χ1v) is 5.39. The van der Waals surface area contributed by atoms with Crippen molar-refractivity contribution in [2.24, 2.45) is 0 Å². The molecule has 0 radical (unpaired) electrons. The van der Waals surface area contributed by atoms with Gasteiger partial charge in [0.15, 0.2) is 5.65 Å². The van der Waals surface area contributed by atoms with Gasteiger partial charge in [-0.05, 0) is 29.8 Å². The lowest BCUT2D eigenvalue weighted by molar-refractivity contribution is 0.969. The molecule has 1 aromatic carbocycles. The summed E-state index contributed by atoms with van der Waals surface area (Å²) in [6, 6.07) is 13.3. The standard InChI is InChI=1S/C13H9N5/c14-8-9-3-1-4-10(7-9)11-5-2-6-18-12(11)16-13(15)17-18/h1-7H,(H2,15,17). The van der Waals surface area contributed by atoms with E-state index in [1.807, 2.05) is 30.3 Å². The van der Waals surface area contributed by atoms with Gasteiger partial charge in [0.25, 0.3) is 0 Å². The molecule has 3 rings (SSSR count). The van der Waals surface area contributed by atoms with Crippen molar-refractivity contribution < 1.29 is 0 Å². The van der Waals surface area contributed by atoms with E-state index in [9.17, 15) is 0 Å². The van der Waals surface area contributed by atoms with Crippen LogP contribution in [0.2, 0.25) is 0 Å². The summed E-state index contributed by atoms with van der Waals surface area (Å²) in [5.41, 5.74) is 8.72. The van der Waals surface area contributed by atoms with E-state index in [-0.39, 0.29) is 5.95 Å². The van der Waals surface area contributed by atoms with Gasteiger partial charge in [0.2, 0.25) is 5.95 Å². The van der Waals surface area contributed by atoms with E-state index in [1.165, 1.54) is 0 Å². The fourth-order valence-corrected chi connectivity index (χ4v) is 1.90. The molecule has 0 fully saturated rings. The van der Waals surface area contributed by atoms with Crippen molar-refractivity contribution >= 4 is 11.6 Å². The minimum Gasteiger partial charge on any atom is -0.366 e. The summed E-state index contributed by atoms with van der Waals surface area (Å²) in [5, 5.41) is 13.0. The molecular formula is C13H9N5. The number of pyridine rings is 1. The zero-order chi connectivity index (χ0) is 12.5. The summed E-state index contributed by atoms with van der Waals surface area (Å²) in [6.45, 7) is 0. The Bertz CT molecular complexity index is 766. The average Bonchev–Trinajstić information content (AvgIpc) is 2.78. The lowest BCUT2D eigenvalue weighted by Gasteiger charge is -2.02. The maximum Gasteiger partial charge on any atom is 0.240 e. The highest BCUT2D eigenvalue weighted by Crippen LogP contribution is 2.24. The third-order valence-electron chi connectivity index (χ3n) is 2.68. The highest BCUT2D eigenvalue weighted by molar-refractivity contribution is 5.78. The first kappa shape index (κ1) is 10.3. The minimum absolute atomic E-state index is 0.235. The Morgan fingerprint density at radius 3 is 2.94 bits per heavy atom. The molecule has 0 aliphatic carbocycles. The third-order valence-corrected chi connectivity index (χ3v) is 2.68. The maximum absolute atomic E-state index is 8.92. The number of nitrogen functional groups attached to an aromatic ring is 1. The lowest BCUT2D eigenvalue weighted by Crippen LogP contribution is -1.90. The van der Waals surface area contributed by atoms with Crippen LogP contribution in [0, 0.1) is 11.3 Å². The lowest BCUT2D eigenvalue weighted by atomic mass is 10.0. The smallest absolute Gasteiger partial charge is 0.240 e. The highest BCUT2D eigenvalue weighted by atomic mass is 15.3. The molecule has 0 saturated carbocycles. The topological polar surface area (TPSA) is 80.0 Å². The minimum atomic E-state index is 0.235. The van der Waals surface area contributed by atoms with Crippen molar-refractivity contribution in [3.8, 4) is 17.2 Å². The number of fused-ring (bicyclic) bond motifs is 1. The molecule has 0 amide bonds. The quantitative estimate of drug-likeness (QED) is 0.698. The Hall–Kier alpha value is -2.87. The molecule has 0 aliphatic heterocycles. The summed E-state index contributed by atoms with van der Waals surface area (Å²) < 4.78 is 1.63. The molecule has 2 N–H and O–H groups in total. The van der Waals surface area contributed by atoms with Crippen molar-refractivity contribution in [1.82, 2.24) is 14.6 Å². The first-order valence-electron chi connectivity index (χ1n) is 5.39. The van der Waals surface area contributed by atoms with Crippen LogP contribution in [0.4, 0.5) is 5.95 Å². The van der Waals surface area contributed by atoms with Crippen LogP contribution >= 0.6 is 0 Å². The van der Waals surface area contributed by atoms with Crippen LogP contribution in [-0.4, -0.2) is 14.6 Å². The van der Waals surface area contributed by atoms with E-state index in [0.29, 0.717) is 11.2 Å². The molecular weight excluding hydrogens is 226 g/mol. The predicted octanol–water partition coefficient (Wildman–Crippen LogP) is 1.85. The van der Waals surface area contributed by atoms with Gasteiger partial charge >= 0.3 is 0 Å². The summed E-state index contributed by atoms with van der Waals surface area (Å²) in [4.78, 5) is 4.19. The van der Waals surface area contributed by atoms with Gasteiger partial charge in [-0.1, -0.05) is 12.1 Å². The number of hydrogen-bond acceptors (Lipinski definition) is 4. The molecule has 0 aliphatic rings. The van der Waals surface area contributed by atoms with Gasteiger partial charge in [-0.25, -0.2) is 4.52 Å². The number of benzene rings is 1. The van der Waals surface area contributed by atoms with E-state index in [2.05, 4.69) is 16.2 Å². The first-order chi connectivity index (χ1) is 8.78. The van der Waals surface area contributed by atoms with E-state index in [4.69, 9.17) is 11.0 Å². The van der Waals surface area contributed by atoms with E-state index < -0.39 is 0 Å². The number of nitrogens with two attached hydrogens (primary N) is 1. The van der Waals surface area contributed by atoms with Crippen LogP contribution < -0.4 is 5.73 Å². The van der Waals surface area contributed by atoms with Gasteiger partial charge in [0.05, 0.1) is 11.6 Å². The fourth-order valence-electron chi connectivity index (χ4n) is 1.90. The van der Waals surface area contributed by atoms with E-state index in [0.717, 1.165) is 11.1 Å². The number of nitriles is 1. The van der Waals surface area contributed by atoms with Crippen molar-refractivity contribution in [2.45, 2.75) is 0 Å². The maximum atomic E-state index is 8.92. The molecule has 0 atom stereocenters. The van der Waals surface area contributed by atoms with Gasteiger partial charge in [-0.3, -0.25) is 0 Å². The molecule has 2 aromatic heterocycles. The molecule has 86 valence electrons. The summed E-state index contributed by atoms with van der Waals surface area (Å²) >= 11 is 0. The second kappa shape index (κ2) is 3.86. The molecule has 18 heavy (non-hydrogen) atoms. The largest absolute Gasteiger partial charge is 0.366 e. The van der Waals surface area contributed by atoms with Gasteiger partial charge in [-0.2, -0.15) is 10.2 Å². The van der Waals surface area contributed by atoms with Gasteiger partial charge in [0.1, 0.15) is 0 Å². The highest BCUT2D eigenvalue weighted by Gasteiger charge is 2.08. The second-order valence-corrected chi connectivity index (χ2v) is 3.85. The number of nitrogens with zero attached hydrogens (tertiary/aromatic N) is 4. The van der Waals surface area contributed by atoms with Crippen molar-refractivity contribution in [2.75, 3.05) is 5.73 Å². The summed E-state index contributed by atoms with van der Waals surface area (Å²) in [7, 11) is 0. The number of rotatable bonds is 1. The second-order valence-electron chi connectivity index (χ2n) is 3.85. The van der Waals surface area contributed by atoms with Crippen LogP contribution in [0.5, 0.6) is 0 Å². The van der Waals surface area contributed by atoms with Crippen molar-refractivity contribution in [3.05, 3.63) is 48.2 Å². The summed E-state index contributed by atoms with van der Waals surface area (Å²) in [5.74, 6) is 0.235. The molecule has 0 unspecified atom stereocenters. The van der Waals surface area contributed by atoms with Crippen LogP contribution in [-0.2, 0) is 0 Å². The monoisotopic (exact) mass is 235 g/mol. The Balaban J connectivity index is 2.28.